The molecule has 3 rings (SSSR count). The van der Waals surface area contributed by atoms with Crippen LogP contribution >= 0.6 is 11.6 Å². The fraction of sp³-hybridized carbons (Fsp3) is 0.417. The molecule has 1 unspecified atom stereocenters. The summed E-state index contributed by atoms with van der Waals surface area (Å²) in [5, 5.41) is 6.88. The summed E-state index contributed by atoms with van der Waals surface area (Å²) in [4.78, 5) is 11.8. The predicted octanol–water partition coefficient (Wildman–Crippen LogP) is 2.48. The zero-order valence-electron chi connectivity index (χ0n) is 8.79. The molecular weight excluding hydrogens is 224 g/mol. The van der Waals surface area contributed by atoms with Crippen LogP contribution in [0.4, 0.5) is 5.69 Å². The van der Waals surface area contributed by atoms with Crippen LogP contribution in [0, 0.1) is 0 Å². The number of nitrogens with one attached hydrogen (secondary N) is 2. The summed E-state index contributed by atoms with van der Waals surface area (Å²) in [5.41, 5.74) is 1.75. The summed E-state index contributed by atoms with van der Waals surface area (Å²) in [6, 6.07) is 5.78. The van der Waals surface area contributed by atoms with E-state index in [-0.39, 0.29) is 11.9 Å². The zero-order valence-corrected chi connectivity index (χ0v) is 9.55. The molecule has 1 saturated carbocycles. The smallest absolute Gasteiger partial charge is 0.246 e. The van der Waals surface area contributed by atoms with Gasteiger partial charge in [-0.1, -0.05) is 24.1 Å². The van der Waals surface area contributed by atoms with Crippen molar-refractivity contribution in [2.75, 3.05) is 5.32 Å². The number of fused-ring (bicyclic) bond motifs is 1. The molecule has 4 heteroatoms. The number of carbonyl (C=O) groups excluding carboxylic acids is 1. The third-order valence-electron chi connectivity index (χ3n) is 3.37. The third kappa shape index (κ3) is 1.51. The monoisotopic (exact) mass is 236 g/mol. The van der Waals surface area contributed by atoms with Gasteiger partial charge in [0, 0.05) is 22.3 Å². The van der Waals surface area contributed by atoms with E-state index in [9.17, 15) is 4.79 Å². The summed E-state index contributed by atoms with van der Waals surface area (Å²) in [5.74, 6) is 0.00926. The van der Waals surface area contributed by atoms with E-state index in [1.165, 1.54) is 6.42 Å². The van der Waals surface area contributed by atoms with E-state index in [0.717, 1.165) is 24.1 Å². The van der Waals surface area contributed by atoms with Crippen molar-refractivity contribution in [3.63, 3.8) is 0 Å². The molecule has 0 aromatic heterocycles. The van der Waals surface area contributed by atoms with Crippen molar-refractivity contribution < 1.29 is 4.79 Å². The van der Waals surface area contributed by atoms with Crippen molar-refractivity contribution in [1.82, 2.24) is 5.32 Å². The van der Waals surface area contributed by atoms with Gasteiger partial charge in [0.1, 0.15) is 6.04 Å². The van der Waals surface area contributed by atoms with Gasteiger partial charge < -0.3 is 5.32 Å². The Balaban J connectivity index is 1.91. The molecule has 0 bridgehead atoms. The average Bonchev–Trinajstić information content (AvgIpc) is 2.50. The highest BCUT2D eigenvalue weighted by Gasteiger charge is 2.34. The molecule has 1 aromatic carbocycles. The van der Waals surface area contributed by atoms with E-state index in [2.05, 4.69) is 10.6 Å². The van der Waals surface area contributed by atoms with Gasteiger partial charge in [0.15, 0.2) is 0 Å². The lowest BCUT2D eigenvalue weighted by Crippen LogP contribution is -2.40. The number of hydrogen-bond acceptors (Lipinski definition) is 2. The first kappa shape index (κ1) is 10.1. The molecule has 1 aliphatic heterocycles. The van der Waals surface area contributed by atoms with Crippen molar-refractivity contribution >= 4 is 23.2 Å². The second kappa shape index (κ2) is 3.75. The lowest BCUT2D eigenvalue weighted by molar-refractivity contribution is -0.118. The Morgan fingerprint density at radius 1 is 1.38 bits per heavy atom. The number of anilines is 1. The second-order valence-corrected chi connectivity index (χ2v) is 4.83. The molecule has 1 aliphatic carbocycles. The molecule has 3 nitrogen and oxygen atoms in total. The van der Waals surface area contributed by atoms with Gasteiger partial charge >= 0.3 is 0 Å². The van der Waals surface area contributed by atoms with Crippen LogP contribution in [-0.2, 0) is 4.79 Å². The Kier molecular flexibility index (Phi) is 2.37. The topological polar surface area (TPSA) is 41.1 Å². The lowest BCUT2D eigenvalue weighted by atomic mass is 9.91. The molecule has 84 valence electrons. The quantitative estimate of drug-likeness (QED) is 0.828. The fourth-order valence-corrected chi connectivity index (χ4v) is 2.53. The fourth-order valence-electron chi connectivity index (χ4n) is 2.25. The highest BCUT2D eigenvalue weighted by molar-refractivity contribution is 6.32. The molecule has 16 heavy (non-hydrogen) atoms. The largest absolute Gasteiger partial charge is 0.324 e. The first-order chi connectivity index (χ1) is 7.75. The summed E-state index contributed by atoms with van der Waals surface area (Å²) < 4.78 is 0. The standard InChI is InChI=1S/C12H13ClN2O/c13-8-5-2-6-9-10(8)11(12(16)15-9)14-7-3-1-4-7/h2,5-7,11,14H,1,3-4H2,(H,15,16). The Morgan fingerprint density at radius 2 is 2.19 bits per heavy atom. The van der Waals surface area contributed by atoms with Gasteiger partial charge in [0.25, 0.3) is 0 Å². The van der Waals surface area contributed by atoms with Crippen LogP contribution in [0.15, 0.2) is 18.2 Å². The van der Waals surface area contributed by atoms with Crippen LogP contribution in [-0.4, -0.2) is 11.9 Å². The van der Waals surface area contributed by atoms with Gasteiger partial charge in [0.05, 0.1) is 0 Å². The van der Waals surface area contributed by atoms with Gasteiger partial charge in [-0.2, -0.15) is 0 Å². The molecule has 1 aromatic rings. The van der Waals surface area contributed by atoms with Gasteiger partial charge in [-0.25, -0.2) is 0 Å². The van der Waals surface area contributed by atoms with Crippen molar-refractivity contribution in [1.29, 1.82) is 0 Å². The molecule has 0 spiro atoms. The van der Waals surface area contributed by atoms with Crippen LogP contribution in [0.25, 0.3) is 0 Å². The molecule has 2 N–H and O–H groups in total. The van der Waals surface area contributed by atoms with E-state index in [4.69, 9.17) is 11.6 Å². The highest BCUT2D eigenvalue weighted by Crippen LogP contribution is 2.37. The summed E-state index contributed by atoms with van der Waals surface area (Å²) in [6.45, 7) is 0. The number of halogens is 1. The molecular formula is C12H13ClN2O. The Morgan fingerprint density at radius 3 is 2.88 bits per heavy atom. The minimum absolute atomic E-state index is 0.00926. The van der Waals surface area contributed by atoms with Crippen molar-refractivity contribution in [2.24, 2.45) is 0 Å². The number of benzene rings is 1. The van der Waals surface area contributed by atoms with Crippen LogP contribution < -0.4 is 10.6 Å². The maximum absolute atomic E-state index is 11.8. The number of rotatable bonds is 2. The van der Waals surface area contributed by atoms with E-state index in [1.54, 1.807) is 0 Å². The maximum atomic E-state index is 11.8. The maximum Gasteiger partial charge on any atom is 0.246 e. The molecule has 1 heterocycles. The first-order valence-electron chi connectivity index (χ1n) is 5.61. The van der Waals surface area contributed by atoms with Crippen LogP contribution in [0.2, 0.25) is 5.02 Å². The normalized spacial score (nSPS) is 23.8. The van der Waals surface area contributed by atoms with E-state index in [0.29, 0.717) is 11.1 Å². The first-order valence-corrected chi connectivity index (χ1v) is 5.99. The van der Waals surface area contributed by atoms with Crippen molar-refractivity contribution in [3.8, 4) is 0 Å². The van der Waals surface area contributed by atoms with Crippen LogP contribution in [0.1, 0.15) is 30.9 Å². The van der Waals surface area contributed by atoms with E-state index < -0.39 is 0 Å². The molecule has 0 saturated heterocycles. The minimum atomic E-state index is -0.269. The zero-order chi connectivity index (χ0) is 11.1. The van der Waals surface area contributed by atoms with Gasteiger partial charge in [-0.3, -0.25) is 10.1 Å². The van der Waals surface area contributed by atoms with Crippen LogP contribution in [0.5, 0.6) is 0 Å². The molecule has 0 radical (unpaired) electrons. The SMILES string of the molecule is O=C1Nc2cccc(Cl)c2C1NC1CCC1. The number of amides is 1. The van der Waals surface area contributed by atoms with Gasteiger partial charge in [-0.15, -0.1) is 0 Å². The molecule has 1 fully saturated rings. The summed E-state index contributed by atoms with van der Waals surface area (Å²) in [7, 11) is 0. The molecule has 1 atom stereocenters. The van der Waals surface area contributed by atoms with Gasteiger partial charge in [-0.05, 0) is 25.0 Å². The molecule has 2 aliphatic rings. The third-order valence-corrected chi connectivity index (χ3v) is 3.70. The Hall–Kier alpha value is -1.06. The van der Waals surface area contributed by atoms with E-state index >= 15 is 0 Å². The number of hydrogen-bond donors (Lipinski definition) is 2. The van der Waals surface area contributed by atoms with Crippen molar-refractivity contribution in [3.05, 3.63) is 28.8 Å². The number of carbonyl (C=O) groups is 1. The molecule has 1 amide bonds. The van der Waals surface area contributed by atoms with E-state index in [1.807, 2.05) is 18.2 Å². The average molecular weight is 237 g/mol. The van der Waals surface area contributed by atoms with Crippen molar-refractivity contribution in [2.45, 2.75) is 31.3 Å². The van der Waals surface area contributed by atoms with Crippen LogP contribution in [0.3, 0.4) is 0 Å². The lowest BCUT2D eigenvalue weighted by Gasteiger charge is -2.29. The predicted molar refractivity (Wildman–Crippen MR) is 63.6 cm³/mol. The second-order valence-electron chi connectivity index (χ2n) is 4.42. The summed E-state index contributed by atoms with van der Waals surface area (Å²) >= 11 is 6.14. The minimum Gasteiger partial charge on any atom is -0.324 e. The highest BCUT2D eigenvalue weighted by atomic mass is 35.5. The van der Waals surface area contributed by atoms with Gasteiger partial charge in [0.2, 0.25) is 5.91 Å². The Bertz CT molecular complexity index is 443. The summed E-state index contributed by atoms with van der Waals surface area (Å²) in [6.07, 6.45) is 3.56. The Labute approximate surface area is 99.2 Å².